The van der Waals surface area contributed by atoms with Crippen LogP contribution in [0.1, 0.15) is 59.5 Å². The summed E-state index contributed by atoms with van der Waals surface area (Å²) in [4.78, 5) is 27.5. The Hall–Kier alpha value is -4.55. The summed E-state index contributed by atoms with van der Waals surface area (Å²) < 4.78 is 52.1. The van der Waals surface area contributed by atoms with Gasteiger partial charge in [0.25, 0.3) is 0 Å². The molecular weight excluding hydrogens is 659 g/mol. The zero-order valence-electron chi connectivity index (χ0n) is 28.4. The standard InChI is InChI=1S/C40H42F3N3O5/c1-45(24-27-7-3-2-4-8-27)25-34-22-36(31-14-12-28(26-47)13-15-31)51-38(50-34)32-18-16-30(17-19-32)33-10-5-9-29(21-33)23-44-37(48)35-11-6-20-46(35)39(49)40(41,42)43/h2-5,7-10,12-19,21,34-36,38,47H,6,11,20,22-26H2,1H3,(H,44,48)/t34-,35-,36+,38+/m0/s1. The Morgan fingerprint density at radius 3 is 2.27 bits per heavy atom. The molecular formula is C40H42F3N3O5. The van der Waals surface area contributed by atoms with Crippen molar-refractivity contribution in [1.29, 1.82) is 0 Å². The molecule has 6 rings (SSSR count). The number of alkyl halides is 3. The summed E-state index contributed by atoms with van der Waals surface area (Å²) in [7, 11) is 2.08. The van der Waals surface area contributed by atoms with Crippen LogP contribution in [0.25, 0.3) is 11.1 Å². The number of carbonyl (C=O) groups excluding carboxylic acids is 2. The molecule has 0 spiro atoms. The van der Waals surface area contributed by atoms with Crippen LogP contribution in [-0.4, -0.2) is 65.2 Å². The summed E-state index contributed by atoms with van der Waals surface area (Å²) in [6.07, 6.45) is -4.73. The summed E-state index contributed by atoms with van der Waals surface area (Å²) in [5.74, 6) is -2.58. The Labute approximate surface area is 295 Å². The molecule has 4 aromatic rings. The van der Waals surface area contributed by atoms with E-state index in [1.165, 1.54) is 5.56 Å². The third kappa shape index (κ3) is 9.22. The Balaban J connectivity index is 1.12. The number of carbonyl (C=O) groups is 2. The van der Waals surface area contributed by atoms with Gasteiger partial charge in [-0.1, -0.05) is 97.1 Å². The average Bonchev–Trinajstić information content (AvgIpc) is 3.64. The largest absolute Gasteiger partial charge is 0.471 e. The Kier molecular flexibility index (Phi) is 11.5. The predicted octanol–water partition coefficient (Wildman–Crippen LogP) is 6.69. The summed E-state index contributed by atoms with van der Waals surface area (Å²) in [6, 6.07) is 32.4. The van der Waals surface area contributed by atoms with Crippen LogP contribution >= 0.6 is 0 Å². The fraction of sp³-hybridized carbons (Fsp3) is 0.350. The highest BCUT2D eigenvalue weighted by atomic mass is 19.4. The van der Waals surface area contributed by atoms with Gasteiger partial charge < -0.3 is 24.8 Å². The lowest BCUT2D eigenvalue weighted by Crippen LogP contribution is -2.50. The van der Waals surface area contributed by atoms with Gasteiger partial charge in [-0.15, -0.1) is 0 Å². The third-order valence-electron chi connectivity index (χ3n) is 9.39. The van der Waals surface area contributed by atoms with Crippen molar-refractivity contribution < 1.29 is 37.3 Å². The lowest BCUT2D eigenvalue weighted by molar-refractivity contribution is -0.252. The minimum atomic E-state index is -5.02. The number of hydrogen-bond acceptors (Lipinski definition) is 6. The summed E-state index contributed by atoms with van der Waals surface area (Å²) in [6.45, 7) is 1.49. The van der Waals surface area contributed by atoms with Gasteiger partial charge in [0.15, 0.2) is 6.29 Å². The maximum Gasteiger partial charge on any atom is 0.471 e. The van der Waals surface area contributed by atoms with Gasteiger partial charge in [0, 0.05) is 38.2 Å². The van der Waals surface area contributed by atoms with Crippen molar-refractivity contribution in [3.63, 3.8) is 0 Å². The van der Waals surface area contributed by atoms with E-state index in [2.05, 4.69) is 29.4 Å². The highest BCUT2D eigenvalue weighted by Gasteiger charge is 2.47. The minimum Gasteiger partial charge on any atom is -0.392 e. The number of aliphatic hydroxyl groups is 1. The van der Waals surface area contributed by atoms with Crippen LogP contribution in [0.2, 0.25) is 0 Å². The van der Waals surface area contributed by atoms with E-state index < -0.39 is 30.3 Å². The zero-order chi connectivity index (χ0) is 36.0. The second-order valence-corrected chi connectivity index (χ2v) is 13.2. The van der Waals surface area contributed by atoms with Gasteiger partial charge in [-0.2, -0.15) is 13.2 Å². The normalized spacial score (nSPS) is 20.8. The second-order valence-electron chi connectivity index (χ2n) is 13.2. The third-order valence-corrected chi connectivity index (χ3v) is 9.39. The Morgan fingerprint density at radius 2 is 1.57 bits per heavy atom. The molecule has 2 fully saturated rings. The molecule has 11 heteroatoms. The molecule has 51 heavy (non-hydrogen) atoms. The van der Waals surface area contributed by atoms with Crippen LogP contribution in [-0.2, 0) is 38.8 Å². The number of likely N-dealkylation sites (N-methyl/N-ethyl adjacent to an activating group) is 1. The maximum atomic E-state index is 13.0. The molecule has 0 saturated carbocycles. The van der Waals surface area contributed by atoms with Crippen LogP contribution in [0.3, 0.4) is 0 Å². The quantitative estimate of drug-likeness (QED) is 0.181. The summed E-state index contributed by atoms with van der Waals surface area (Å²) in [5.41, 5.74) is 6.54. The van der Waals surface area contributed by atoms with E-state index in [4.69, 9.17) is 9.47 Å². The van der Waals surface area contributed by atoms with Crippen LogP contribution in [0.5, 0.6) is 0 Å². The number of amides is 2. The van der Waals surface area contributed by atoms with Crippen LogP contribution < -0.4 is 5.32 Å². The first-order valence-corrected chi connectivity index (χ1v) is 17.1. The van der Waals surface area contributed by atoms with E-state index in [1.807, 2.05) is 91.0 Å². The number of ether oxygens (including phenoxy) is 2. The monoisotopic (exact) mass is 701 g/mol. The number of nitrogens with one attached hydrogen (secondary N) is 1. The number of benzene rings is 4. The molecule has 0 unspecified atom stereocenters. The van der Waals surface area contributed by atoms with Gasteiger partial charge in [-0.3, -0.25) is 14.5 Å². The first-order chi connectivity index (χ1) is 24.6. The van der Waals surface area contributed by atoms with Crippen LogP contribution in [0.4, 0.5) is 13.2 Å². The number of likely N-dealkylation sites (tertiary alicyclic amines) is 1. The number of hydrogen-bond donors (Lipinski definition) is 2. The SMILES string of the molecule is CN(Cc1ccccc1)C[C@@H]1C[C@H](c2ccc(CO)cc2)O[C@H](c2ccc(-c3cccc(CNC(=O)[C@@H]4CCCN4C(=O)C(F)(F)F)c3)cc2)O1. The number of rotatable bonds is 11. The average molecular weight is 702 g/mol. The number of nitrogens with zero attached hydrogens (tertiary/aromatic N) is 2. The summed E-state index contributed by atoms with van der Waals surface area (Å²) in [5, 5.41) is 12.2. The second kappa shape index (κ2) is 16.2. The van der Waals surface area contributed by atoms with Crippen molar-refractivity contribution >= 4 is 11.8 Å². The molecule has 4 atom stereocenters. The van der Waals surface area contributed by atoms with Gasteiger partial charge in [0.2, 0.25) is 5.91 Å². The molecule has 2 aliphatic rings. The van der Waals surface area contributed by atoms with Crippen molar-refractivity contribution in [1.82, 2.24) is 15.1 Å². The van der Waals surface area contributed by atoms with Gasteiger partial charge in [0.05, 0.1) is 18.8 Å². The predicted molar refractivity (Wildman–Crippen MR) is 186 cm³/mol. The molecule has 8 nitrogen and oxygen atoms in total. The zero-order valence-corrected chi connectivity index (χ0v) is 28.4. The molecule has 268 valence electrons. The topological polar surface area (TPSA) is 91.3 Å². The Bertz CT molecular complexity index is 1770. The number of halogens is 3. The van der Waals surface area contributed by atoms with Gasteiger partial charge >= 0.3 is 12.1 Å². The minimum absolute atomic E-state index is 0.0267. The summed E-state index contributed by atoms with van der Waals surface area (Å²) >= 11 is 0. The van der Waals surface area contributed by atoms with Crippen molar-refractivity contribution in [2.24, 2.45) is 0 Å². The smallest absolute Gasteiger partial charge is 0.392 e. The Morgan fingerprint density at radius 1 is 0.863 bits per heavy atom. The van der Waals surface area contributed by atoms with E-state index in [1.54, 1.807) is 0 Å². The molecule has 2 aliphatic heterocycles. The van der Waals surface area contributed by atoms with Crippen LogP contribution in [0, 0.1) is 0 Å². The molecule has 4 aromatic carbocycles. The molecule has 2 saturated heterocycles. The van der Waals surface area contributed by atoms with Crippen molar-refractivity contribution in [3.05, 3.63) is 131 Å². The van der Waals surface area contributed by atoms with Crippen LogP contribution in [0.15, 0.2) is 103 Å². The van der Waals surface area contributed by atoms with E-state index in [0.717, 1.165) is 39.9 Å². The highest BCUT2D eigenvalue weighted by molar-refractivity contribution is 5.90. The molecule has 0 aliphatic carbocycles. The van der Waals surface area contributed by atoms with Crippen molar-refractivity contribution in [2.75, 3.05) is 20.1 Å². The lowest BCUT2D eigenvalue weighted by Gasteiger charge is -2.38. The van der Waals surface area contributed by atoms with Crippen molar-refractivity contribution in [3.8, 4) is 11.1 Å². The van der Waals surface area contributed by atoms with Gasteiger partial charge in [-0.25, -0.2) is 0 Å². The first-order valence-electron chi connectivity index (χ1n) is 17.1. The van der Waals surface area contributed by atoms with Gasteiger partial charge in [0.1, 0.15) is 6.04 Å². The number of aliphatic hydroxyl groups excluding tert-OH is 1. The molecule has 0 aromatic heterocycles. The fourth-order valence-electron chi connectivity index (χ4n) is 6.79. The molecule has 2 N–H and O–H groups in total. The molecule has 2 amide bonds. The van der Waals surface area contributed by atoms with E-state index >= 15 is 0 Å². The van der Waals surface area contributed by atoms with E-state index in [9.17, 15) is 27.9 Å². The highest BCUT2D eigenvalue weighted by Crippen LogP contribution is 2.39. The fourth-order valence-corrected chi connectivity index (χ4v) is 6.79. The van der Waals surface area contributed by atoms with E-state index in [-0.39, 0.29) is 38.3 Å². The molecule has 2 heterocycles. The van der Waals surface area contributed by atoms with Gasteiger partial charge in [-0.05, 0) is 59.3 Å². The van der Waals surface area contributed by atoms with Crippen molar-refractivity contribution in [2.45, 2.75) is 69.7 Å². The lowest BCUT2D eigenvalue weighted by atomic mass is 9.99. The maximum absolute atomic E-state index is 13.0. The van der Waals surface area contributed by atoms with E-state index in [0.29, 0.717) is 24.3 Å². The molecule has 0 radical (unpaired) electrons. The first kappa shape index (κ1) is 36.2. The molecule has 0 bridgehead atoms.